The van der Waals surface area contributed by atoms with Crippen molar-refractivity contribution in [3.8, 4) is 5.75 Å². The monoisotopic (exact) mass is 504 g/mol. The summed E-state index contributed by atoms with van der Waals surface area (Å²) in [5.74, 6) is 0.295. The standard InChI is InChI=1S/C26H31F3N4O3/c1-15-16(2)22(36-14-24(34)31(4)5)8-7-21(15)17(3)32-12-20-10-19(32)13-33(20)25(35)18-6-9-23(30-11-18)26(27,28)29/h6-9,11,17,19-20H,10,12-14H2,1-5H3/t17-,19-,20-/m0/s1. The van der Waals surface area contributed by atoms with Crippen LogP contribution >= 0.6 is 0 Å². The maximum atomic E-state index is 13.0. The molecule has 3 atom stereocenters. The van der Waals surface area contributed by atoms with Crippen LogP contribution in [0.25, 0.3) is 0 Å². The molecule has 0 aliphatic carbocycles. The Hall–Kier alpha value is -3.14. The average Bonchev–Trinajstić information content (AvgIpc) is 3.44. The van der Waals surface area contributed by atoms with E-state index in [0.717, 1.165) is 35.4 Å². The van der Waals surface area contributed by atoms with Gasteiger partial charge in [-0.3, -0.25) is 19.5 Å². The number of halogens is 3. The number of benzene rings is 1. The molecule has 2 amide bonds. The summed E-state index contributed by atoms with van der Waals surface area (Å²) in [7, 11) is 3.38. The molecule has 2 aliphatic rings. The Morgan fingerprint density at radius 3 is 2.39 bits per heavy atom. The molecule has 1 aromatic heterocycles. The zero-order valence-corrected chi connectivity index (χ0v) is 21.1. The molecule has 4 rings (SSSR count). The number of ether oxygens (including phenoxy) is 1. The van der Waals surface area contributed by atoms with Gasteiger partial charge in [0.2, 0.25) is 0 Å². The fraction of sp³-hybridized carbons (Fsp3) is 0.500. The van der Waals surface area contributed by atoms with Gasteiger partial charge >= 0.3 is 6.18 Å². The molecule has 7 nitrogen and oxygen atoms in total. The van der Waals surface area contributed by atoms with Crippen LogP contribution in [0.1, 0.15) is 52.1 Å². The van der Waals surface area contributed by atoms with Crippen molar-refractivity contribution >= 4 is 11.8 Å². The van der Waals surface area contributed by atoms with Gasteiger partial charge < -0.3 is 14.5 Å². The van der Waals surface area contributed by atoms with Gasteiger partial charge in [0.25, 0.3) is 11.8 Å². The summed E-state index contributed by atoms with van der Waals surface area (Å²) in [6, 6.07) is 6.28. The van der Waals surface area contributed by atoms with Crippen molar-refractivity contribution in [3.63, 3.8) is 0 Å². The molecule has 0 saturated carbocycles. The van der Waals surface area contributed by atoms with Crippen LogP contribution in [0.15, 0.2) is 30.5 Å². The highest BCUT2D eigenvalue weighted by Gasteiger charge is 2.47. The van der Waals surface area contributed by atoms with Gasteiger partial charge in [0.15, 0.2) is 6.61 Å². The van der Waals surface area contributed by atoms with E-state index in [1.54, 1.807) is 19.0 Å². The Kier molecular flexibility index (Phi) is 7.01. The lowest BCUT2D eigenvalue weighted by molar-refractivity contribution is -0.141. The van der Waals surface area contributed by atoms with E-state index in [0.29, 0.717) is 18.8 Å². The molecule has 2 aromatic rings. The number of nitrogens with zero attached hydrogens (tertiary/aromatic N) is 4. The van der Waals surface area contributed by atoms with E-state index >= 15 is 0 Å². The van der Waals surface area contributed by atoms with E-state index < -0.39 is 11.9 Å². The van der Waals surface area contributed by atoms with Gasteiger partial charge in [-0.2, -0.15) is 13.2 Å². The molecule has 3 heterocycles. The van der Waals surface area contributed by atoms with Crippen molar-refractivity contribution in [2.75, 3.05) is 33.8 Å². The number of amides is 2. The molecule has 2 fully saturated rings. The minimum absolute atomic E-state index is 0.00768. The number of rotatable bonds is 6. The van der Waals surface area contributed by atoms with Gasteiger partial charge in [0, 0.05) is 51.5 Å². The Bertz CT molecular complexity index is 1150. The van der Waals surface area contributed by atoms with Crippen LogP contribution in [0.3, 0.4) is 0 Å². The molecule has 0 N–H and O–H groups in total. The fourth-order valence-corrected chi connectivity index (χ4v) is 5.15. The maximum Gasteiger partial charge on any atom is 0.433 e. The van der Waals surface area contributed by atoms with E-state index in [9.17, 15) is 22.8 Å². The second-order valence-electron chi connectivity index (χ2n) is 9.78. The molecule has 0 spiro atoms. The second-order valence-corrected chi connectivity index (χ2v) is 9.78. The molecule has 2 aliphatic heterocycles. The molecule has 194 valence electrons. The van der Waals surface area contributed by atoms with Gasteiger partial charge in [0.05, 0.1) is 5.56 Å². The molecular formula is C26H31F3N4O3. The van der Waals surface area contributed by atoms with Crippen molar-refractivity contribution in [1.82, 2.24) is 19.7 Å². The van der Waals surface area contributed by atoms with Crippen LogP contribution in [-0.2, 0) is 11.0 Å². The number of hydrogen-bond acceptors (Lipinski definition) is 5. The highest BCUT2D eigenvalue weighted by Crippen LogP contribution is 2.39. The Labute approximate surface area is 208 Å². The normalized spacial score (nSPS) is 20.5. The van der Waals surface area contributed by atoms with Crippen molar-refractivity contribution in [3.05, 3.63) is 58.4 Å². The van der Waals surface area contributed by atoms with Crippen LogP contribution < -0.4 is 4.74 Å². The summed E-state index contributed by atoms with van der Waals surface area (Å²) in [6.45, 7) is 7.38. The predicted molar refractivity (Wildman–Crippen MR) is 128 cm³/mol. The number of piperazine rings is 1. The first-order chi connectivity index (χ1) is 16.9. The van der Waals surface area contributed by atoms with Crippen LogP contribution in [0.2, 0.25) is 0 Å². The van der Waals surface area contributed by atoms with Crippen molar-refractivity contribution in [2.24, 2.45) is 0 Å². The summed E-state index contributed by atoms with van der Waals surface area (Å²) >= 11 is 0. The van der Waals surface area contributed by atoms with Crippen molar-refractivity contribution < 1.29 is 27.5 Å². The summed E-state index contributed by atoms with van der Waals surface area (Å²) in [6.07, 6.45) is -2.69. The molecule has 2 bridgehead atoms. The molecular weight excluding hydrogens is 473 g/mol. The number of carbonyl (C=O) groups is 2. The summed E-state index contributed by atoms with van der Waals surface area (Å²) < 4.78 is 44.1. The summed E-state index contributed by atoms with van der Waals surface area (Å²) in [5.41, 5.74) is 2.42. The summed E-state index contributed by atoms with van der Waals surface area (Å²) in [5, 5.41) is 0. The highest BCUT2D eigenvalue weighted by atomic mass is 19.4. The molecule has 10 heteroatoms. The smallest absolute Gasteiger partial charge is 0.433 e. The molecule has 36 heavy (non-hydrogen) atoms. The Morgan fingerprint density at radius 1 is 1.11 bits per heavy atom. The van der Waals surface area contributed by atoms with Gasteiger partial charge in [-0.25, -0.2) is 0 Å². The number of alkyl halides is 3. The molecule has 2 saturated heterocycles. The largest absolute Gasteiger partial charge is 0.483 e. The predicted octanol–water partition coefficient (Wildman–Crippen LogP) is 3.84. The number of hydrogen-bond donors (Lipinski definition) is 0. The lowest BCUT2D eigenvalue weighted by atomic mass is 9.96. The lowest BCUT2D eigenvalue weighted by Crippen LogP contribution is -2.49. The number of aromatic nitrogens is 1. The van der Waals surface area contributed by atoms with Gasteiger partial charge in [-0.1, -0.05) is 6.07 Å². The molecule has 1 aromatic carbocycles. The minimum Gasteiger partial charge on any atom is -0.483 e. The first-order valence-corrected chi connectivity index (χ1v) is 11.9. The molecule has 0 radical (unpaired) electrons. The summed E-state index contributed by atoms with van der Waals surface area (Å²) in [4.78, 5) is 33.9. The average molecular weight is 505 g/mol. The van der Waals surface area contributed by atoms with Crippen molar-refractivity contribution in [1.29, 1.82) is 0 Å². The minimum atomic E-state index is -4.53. The zero-order chi connectivity index (χ0) is 26.4. The van der Waals surface area contributed by atoms with Gasteiger partial charge in [-0.15, -0.1) is 0 Å². The van der Waals surface area contributed by atoms with Gasteiger partial charge in [0.1, 0.15) is 11.4 Å². The van der Waals surface area contributed by atoms with Crippen LogP contribution in [-0.4, -0.2) is 77.4 Å². The van der Waals surface area contributed by atoms with E-state index in [2.05, 4.69) is 16.8 Å². The second kappa shape index (κ2) is 9.72. The zero-order valence-electron chi connectivity index (χ0n) is 21.1. The fourth-order valence-electron chi connectivity index (χ4n) is 5.15. The van der Waals surface area contributed by atoms with E-state index in [1.807, 2.05) is 26.0 Å². The quantitative estimate of drug-likeness (QED) is 0.598. The lowest BCUT2D eigenvalue weighted by Gasteiger charge is -2.38. The number of likely N-dealkylation sites (tertiary alicyclic amines) is 2. The number of likely N-dealkylation sites (N-methyl/N-ethyl adjacent to an activating group) is 1. The van der Waals surface area contributed by atoms with E-state index in [4.69, 9.17) is 4.74 Å². The van der Waals surface area contributed by atoms with Gasteiger partial charge in [-0.05, 0) is 62.1 Å². The Balaban J connectivity index is 1.42. The van der Waals surface area contributed by atoms with E-state index in [1.165, 1.54) is 11.0 Å². The van der Waals surface area contributed by atoms with E-state index in [-0.39, 0.29) is 42.1 Å². The third-order valence-corrected chi connectivity index (χ3v) is 7.42. The van der Waals surface area contributed by atoms with Crippen LogP contribution in [0, 0.1) is 13.8 Å². The number of pyridine rings is 1. The van der Waals surface area contributed by atoms with Crippen LogP contribution in [0.4, 0.5) is 13.2 Å². The SMILES string of the molecule is Cc1c(OCC(=O)N(C)C)ccc([C@H](C)N2C[C@@H]3C[C@H]2CN3C(=O)c2ccc(C(F)(F)F)nc2)c1C. The number of fused-ring (bicyclic) bond motifs is 2. The third kappa shape index (κ3) is 4.91. The highest BCUT2D eigenvalue weighted by molar-refractivity contribution is 5.94. The maximum absolute atomic E-state index is 13.0. The molecule has 0 unspecified atom stereocenters. The first-order valence-electron chi connectivity index (χ1n) is 11.9. The van der Waals surface area contributed by atoms with Crippen LogP contribution in [0.5, 0.6) is 5.75 Å². The van der Waals surface area contributed by atoms with Crippen molar-refractivity contribution in [2.45, 2.75) is 51.5 Å². The topological polar surface area (TPSA) is 66.0 Å². The third-order valence-electron chi connectivity index (χ3n) is 7.42. The Morgan fingerprint density at radius 2 is 1.83 bits per heavy atom. The number of carbonyl (C=O) groups excluding carboxylic acids is 2. The first kappa shape index (κ1) is 25.9.